The first kappa shape index (κ1) is 18.2. The van der Waals surface area contributed by atoms with Crippen LogP contribution in [0.15, 0.2) is 22.7 Å². The Balaban J connectivity index is 1.63. The number of hydrogen-bond acceptors (Lipinski definition) is 7. The lowest BCUT2D eigenvalue weighted by Crippen LogP contribution is -2.24. The Morgan fingerprint density at radius 1 is 1.46 bits per heavy atom. The number of nitrogens with zero attached hydrogens (tertiary/aromatic N) is 3. The van der Waals surface area contributed by atoms with Crippen LogP contribution in [0, 0.1) is 0 Å². The molecular weight excluding hydrogens is 362 g/mol. The maximum atomic E-state index is 12.3. The molecule has 138 valence electrons. The van der Waals surface area contributed by atoms with Gasteiger partial charge in [-0.15, -0.1) is 0 Å². The van der Waals surface area contributed by atoms with Crippen molar-refractivity contribution >= 4 is 23.6 Å². The lowest BCUT2D eigenvalue weighted by Gasteiger charge is -2.11. The number of methoxy groups -OCH3 is 1. The molecule has 1 aliphatic heterocycles. The minimum absolute atomic E-state index is 0.137. The molecule has 1 aromatic heterocycles. The van der Waals surface area contributed by atoms with Crippen LogP contribution < -0.4 is 9.47 Å². The smallest absolute Gasteiger partial charge is 0.246 e. The number of halogens is 1. The fourth-order valence-electron chi connectivity index (χ4n) is 2.26. The summed E-state index contributed by atoms with van der Waals surface area (Å²) in [4.78, 5) is 17.9. The quantitative estimate of drug-likeness (QED) is 0.713. The molecule has 1 aromatic carbocycles. The Morgan fingerprint density at radius 2 is 2.27 bits per heavy atom. The first-order chi connectivity index (χ1) is 12.5. The molecular formula is C17H18ClN3O5. The van der Waals surface area contributed by atoms with Crippen LogP contribution in [0.5, 0.6) is 11.5 Å². The summed E-state index contributed by atoms with van der Waals surface area (Å²) in [5, 5.41) is 4.26. The summed E-state index contributed by atoms with van der Waals surface area (Å²) in [6.07, 6.45) is 2.81. The van der Waals surface area contributed by atoms with Crippen molar-refractivity contribution in [1.82, 2.24) is 15.0 Å². The third-order valence-corrected chi connectivity index (χ3v) is 4.10. The summed E-state index contributed by atoms with van der Waals surface area (Å²) in [5.41, 5.74) is 0.731. The van der Waals surface area contributed by atoms with Crippen LogP contribution >= 0.6 is 11.6 Å². The average molecular weight is 380 g/mol. The predicted molar refractivity (Wildman–Crippen MR) is 92.8 cm³/mol. The highest BCUT2D eigenvalue weighted by Crippen LogP contribution is 2.40. The Kier molecular flexibility index (Phi) is 5.43. The van der Waals surface area contributed by atoms with Gasteiger partial charge in [0.2, 0.25) is 18.6 Å². The molecule has 0 fully saturated rings. The second kappa shape index (κ2) is 7.76. The highest BCUT2D eigenvalue weighted by molar-refractivity contribution is 6.32. The Morgan fingerprint density at radius 3 is 3.04 bits per heavy atom. The monoisotopic (exact) mass is 379 g/mol. The predicted octanol–water partition coefficient (Wildman–Crippen LogP) is 2.83. The van der Waals surface area contributed by atoms with Crippen LogP contribution in [0.2, 0.25) is 5.02 Å². The van der Waals surface area contributed by atoms with Gasteiger partial charge in [0.1, 0.15) is 6.10 Å². The van der Waals surface area contributed by atoms with E-state index in [1.165, 1.54) is 11.0 Å². The summed E-state index contributed by atoms with van der Waals surface area (Å²) < 4.78 is 20.8. The molecule has 2 aromatic rings. The number of carbonyl (C=O) groups excluding carboxylic acids is 1. The van der Waals surface area contributed by atoms with E-state index in [9.17, 15) is 4.79 Å². The molecule has 0 bridgehead atoms. The van der Waals surface area contributed by atoms with Gasteiger partial charge in [0.25, 0.3) is 0 Å². The molecule has 0 N–H and O–H groups in total. The van der Waals surface area contributed by atoms with Crippen LogP contribution in [-0.4, -0.2) is 41.9 Å². The molecule has 1 amide bonds. The van der Waals surface area contributed by atoms with E-state index in [4.69, 9.17) is 30.3 Å². The van der Waals surface area contributed by atoms with E-state index in [1.54, 1.807) is 32.4 Å². The highest BCUT2D eigenvalue weighted by Gasteiger charge is 2.18. The van der Waals surface area contributed by atoms with E-state index >= 15 is 0 Å². The molecule has 1 aliphatic rings. The van der Waals surface area contributed by atoms with Gasteiger partial charge in [-0.05, 0) is 30.7 Å². The van der Waals surface area contributed by atoms with Gasteiger partial charge < -0.3 is 23.6 Å². The van der Waals surface area contributed by atoms with Gasteiger partial charge in [-0.25, -0.2) is 0 Å². The second-order valence-electron chi connectivity index (χ2n) is 5.69. The van der Waals surface area contributed by atoms with Crippen molar-refractivity contribution in [2.75, 3.05) is 21.0 Å². The number of hydrogen-bond donors (Lipinski definition) is 0. The van der Waals surface area contributed by atoms with E-state index in [1.807, 2.05) is 6.92 Å². The summed E-state index contributed by atoms with van der Waals surface area (Å²) in [6.45, 7) is 2.13. The Bertz CT molecular complexity index is 836. The van der Waals surface area contributed by atoms with Crippen LogP contribution in [0.1, 0.15) is 30.3 Å². The molecule has 0 saturated heterocycles. The van der Waals surface area contributed by atoms with Gasteiger partial charge in [0.15, 0.2) is 17.3 Å². The van der Waals surface area contributed by atoms with Crippen molar-refractivity contribution in [3.8, 4) is 11.5 Å². The van der Waals surface area contributed by atoms with E-state index in [0.29, 0.717) is 28.2 Å². The molecule has 0 radical (unpaired) electrons. The molecule has 9 heteroatoms. The van der Waals surface area contributed by atoms with Gasteiger partial charge in [0.05, 0.1) is 11.6 Å². The van der Waals surface area contributed by atoms with Crippen molar-refractivity contribution in [1.29, 1.82) is 0 Å². The van der Waals surface area contributed by atoms with Crippen LogP contribution in [-0.2, 0) is 16.1 Å². The number of amides is 1. The molecule has 1 atom stereocenters. The van der Waals surface area contributed by atoms with Gasteiger partial charge >= 0.3 is 0 Å². The molecule has 2 heterocycles. The normalized spacial score (nSPS) is 14.0. The summed E-state index contributed by atoms with van der Waals surface area (Å²) >= 11 is 6.13. The zero-order valence-corrected chi connectivity index (χ0v) is 15.3. The first-order valence-corrected chi connectivity index (χ1v) is 8.23. The molecule has 8 nitrogen and oxygen atoms in total. The fraction of sp³-hybridized carbons (Fsp3) is 0.353. The lowest BCUT2D eigenvalue weighted by atomic mass is 10.2. The Labute approximate surface area is 155 Å². The number of rotatable bonds is 6. The van der Waals surface area contributed by atoms with E-state index in [0.717, 1.165) is 5.56 Å². The van der Waals surface area contributed by atoms with Gasteiger partial charge in [-0.3, -0.25) is 4.79 Å². The third-order valence-electron chi connectivity index (χ3n) is 3.82. The van der Waals surface area contributed by atoms with Gasteiger partial charge in [0, 0.05) is 20.2 Å². The maximum Gasteiger partial charge on any atom is 0.246 e. The highest BCUT2D eigenvalue weighted by atomic mass is 35.5. The summed E-state index contributed by atoms with van der Waals surface area (Å²) in [5.74, 6) is 1.62. The van der Waals surface area contributed by atoms with Crippen LogP contribution in [0.3, 0.4) is 0 Å². The van der Waals surface area contributed by atoms with Crippen molar-refractivity contribution in [3.05, 3.63) is 40.5 Å². The molecule has 0 aliphatic carbocycles. The molecule has 0 saturated carbocycles. The Hall–Kier alpha value is -2.58. The minimum Gasteiger partial charge on any atom is -0.454 e. The first-order valence-electron chi connectivity index (χ1n) is 7.85. The summed E-state index contributed by atoms with van der Waals surface area (Å²) in [6, 6.07) is 3.46. The van der Waals surface area contributed by atoms with E-state index < -0.39 is 0 Å². The number of carbonyl (C=O) groups is 1. The van der Waals surface area contributed by atoms with Crippen molar-refractivity contribution in [3.63, 3.8) is 0 Å². The van der Waals surface area contributed by atoms with Crippen molar-refractivity contribution < 1.29 is 23.5 Å². The number of fused-ring (bicyclic) bond motifs is 1. The number of ether oxygens (including phenoxy) is 3. The minimum atomic E-state index is -0.274. The fourth-order valence-corrected chi connectivity index (χ4v) is 2.54. The number of likely N-dealkylation sites (N-methyl/N-ethyl adjacent to an activating group) is 1. The summed E-state index contributed by atoms with van der Waals surface area (Å²) in [7, 11) is 3.20. The van der Waals surface area contributed by atoms with Crippen molar-refractivity contribution in [2.24, 2.45) is 0 Å². The number of benzene rings is 1. The van der Waals surface area contributed by atoms with E-state index in [2.05, 4.69) is 10.1 Å². The van der Waals surface area contributed by atoms with Crippen LogP contribution in [0.4, 0.5) is 0 Å². The average Bonchev–Trinajstić information content (AvgIpc) is 3.28. The standard InChI is InChI=1S/C17H18ClN3O5/c1-10(23-3)17-19-14(26-20-17)8-21(2)15(22)5-4-11-6-12(18)16-13(7-11)24-9-25-16/h4-7,10H,8-9H2,1-3H3/b5-4+/t10-/m0/s1. The topological polar surface area (TPSA) is 86.9 Å². The zero-order valence-electron chi connectivity index (χ0n) is 14.6. The molecule has 26 heavy (non-hydrogen) atoms. The van der Waals surface area contributed by atoms with Gasteiger partial charge in [-0.2, -0.15) is 4.98 Å². The van der Waals surface area contributed by atoms with E-state index in [-0.39, 0.29) is 25.3 Å². The van der Waals surface area contributed by atoms with Gasteiger partial charge in [-0.1, -0.05) is 16.8 Å². The molecule has 3 rings (SSSR count). The van der Waals surface area contributed by atoms with Crippen molar-refractivity contribution in [2.45, 2.75) is 19.6 Å². The van der Waals surface area contributed by atoms with Crippen LogP contribution in [0.25, 0.3) is 6.08 Å². The largest absolute Gasteiger partial charge is 0.454 e. The molecule has 0 unspecified atom stereocenters. The lowest BCUT2D eigenvalue weighted by molar-refractivity contribution is -0.125. The SMILES string of the molecule is CO[C@@H](C)c1noc(CN(C)C(=O)/C=C/c2cc(Cl)c3c(c2)OCO3)n1. The zero-order chi connectivity index (χ0) is 18.7. The third kappa shape index (κ3) is 3.97. The molecule has 0 spiro atoms. The second-order valence-corrected chi connectivity index (χ2v) is 6.10. The number of aromatic nitrogens is 2. The maximum absolute atomic E-state index is 12.3.